The highest BCUT2D eigenvalue weighted by Crippen LogP contribution is 2.31. The van der Waals surface area contributed by atoms with Gasteiger partial charge in [0.05, 0.1) is 29.3 Å². The first-order valence-electron chi connectivity index (χ1n) is 9.18. The number of imidazole rings is 1. The molecule has 4 aromatic rings. The maximum Gasteiger partial charge on any atom is 0.416 e. The van der Waals surface area contributed by atoms with Crippen LogP contribution < -0.4 is 10.6 Å². The third-order valence-electron chi connectivity index (χ3n) is 4.70. The molecule has 0 aliphatic rings. The highest BCUT2D eigenvalue weighted by Gasteiger charge is 2.30. The van der Waals surface area contributed by atoms with Crippen molar-refractivity contribution in [1.82, 2.24) is 9.38 Å². The highest BCUT2D eigenvalue weighted by atomic mass is 19.4. The van der Waals surface area contributed by atoms with Crippen LogP contribution in [0.25, 0.3) is 5.52 Å². The van der Waals surface area contributed by atoms with E-state index in [2.05, 4.69) is 15.6 Å². The standard InChI is InChI=1S/C22H16F4N4O/c1-13-5-6-14(21(31)28-17-4-2-3-15(8-17)22(24,25)26)7-18(13)29-19-9-16(23)11-30-12-27-10-20(19)30/h2-12,29H,1H3,(H,28,31). The number of alkyl halides is 3. The number of rotatable bonds is 4. The number of aromatic nitrogens is 2. The average molecular weight is 428 g/mol. The van der Waals surface area contributed by atoms with Crippen LogP contribution in [0, 0.1) is 12.7 Å². The number of fused-ring (bicyclic) bond motifs is 1. The van der Waals surface area contributed by atoms with Crippen molar-refractivity contribution in [1.29, 1.82) is 0 Å². The lowest BCUT2D eigenvalue weighted by atomic mass is 10.1. The summed E-state index contributed by atoms with van der Waals surface area (Å²) in [7, 11) is 0. The van der Waals surface area contributed by atoms with E-state index in [1.807, 2.05) is 6.92 Å². The molecule has 0 atom stereocenters. The van der Waals surface area contributed by atoms with Crippen molar-refractivity contribution in [3.05, 3.63) is 89.8 Å². The molecular formula is C22H16F4N4O. The summed E-state index contributed by atoms with van der Waals surface area (Å²) in [4.78, 5) is 16.6. The molecule has 2 aromatic heterocycles. The van der Waals surface area contributed by atoms with Crippen molar-refractivity contribution in [3.8, 4) is 0 Å². The van der Waals surface area contributed by atoms with Gasteiger partial charge in [-0.25, -0.2) is 9.37 Å². The Kier molecular flexibility index (Phi) is 5.10. The summed E-state index contributed by atoms with van der Waals surface area (Å²) in [6.07, 6.45) is -0.179. The first kappa shape index (κ1) is 20.4. The molecule has 0 aliphatic carbocycles. The Balaban J connectivity index is 1.60. The van der Waals surface area contributed by atoms with Crippen LogP contribution in [0.5, 0.6) is 0 Å². The van der Waals surface area contributed by atoms with Crippen LogP contribution in [0.3, 0.4) is 0 Å². The largest absolute Gasteiger partial charge is 0.416 e. The normalized spacial score (nSPS) is 11.5. The quantitative estimate of drug-likeness (QED) is 0.404. The van der Waals surface area contributed by atoms with Crippen LogP contribution in [0.1, 0.15) is 21.5 Å². The van der Waals surface area contributed by atoms with E-state index in [1.54, 1.807) is 24.4 Å². The molecule has 1 amide bonds. The lowest BCUT2D eigenvalue weighted by Crippen LogP contribution is -2.13. The third kappa shape index (κ3) is 4.35. The number of halogens is 4. The SMILES string of the molecule is Cc1ccc(C(=O)Nc2cccc(C(F)(F)F)c2)cc1Nc1cc(F)cn2cncc12. The van der Waals surface area contributed by atoms with E-state index in [0.29, 0.717) is 16.9 Å². The van der Waals surface area contributed by atoms with Gasteiger partial charge in [0.25, 0.3) is 5.91 Å². The van der Waals surface area contributed by atoms with Crippen molar-refractivity contribution < 1.29 is 22.4 Å². The molecule has 0 fully saturated rings. The van der Waals surface area contributed by atoms with E-state index >= 15 is 0 Å². The van der Waals surface area contributed by atoms with E-state index in [-0.39, 0.29) is 11.3 Å². The molecule has 0 bridgehead atoms. The number of aryl methyl sites for hydroxylation is 1. The molecule has 0 saturated carbocycles. The number of hydrogen-bond donors (Lipinski definition) is 2. The summed E-state index contributed by atoms with van der Waals surface area (Å²) in [5, 5.41) is 5.58. The molecular weight excluding hydrogens is 412 g/mol. The summed E-state index contributed by atoms with van der Waals surface area (Å²) in [5.41, 5.74) is 1.83. The predicted octanol–water partition coefficient (Wildman–Crippen LogP) is 5.80. The number of hydrogen-bond acceptors (Lipinski definition) is 3. The van der Waals surface area contributed by atoms with Gasteiger partial charge in [0.1, 0.15) is 5.82 Å². The van der Waals surface area contributed by atoms with Crippen LogP contribution in [-0.2, 0) is 6.18 Å². The number of pyridine rings is 1. The summed E-state index contributed by atoms with van der Waals surface area (Å²) in [6.45, 7) is 1.81. The molecule has 5 nitrogen and oxygen atoms in total. The molecule has 31 heavy (non-hydrogen) atoms. The predicted molar refractivity (Wildman–Crippen MR) is 109 cm³/mol. The van der Waals surface area contributed by atoms with Gasteiger partial charge in [0.2, 0.25) is 0 Å². The molecule has 9 heteroatoms. The zero-order valence-electron chi connectivity index (χ0n) is 16.2. The second-order valence-electron chi connectivity index (χ2n) is 6.95. The van der Waals surface area contributed by atoms with Crippen LogP contribution in [0.15, 0.2) is 67.3 Å². The number of anilines is 3. The fourth-order valence-electron chi connectivity index (χ4n) is 3.12. The minimum absolute atomic E-state index is 0.0287. The van der Waals surface area contributed by atoms with E-state index < -0.39 is 23.5 Å². The van der Waals surface area contributed by atoms with Crippen molar-refractivity contribution >= 4 is 28.5 Å². The molecule has 158 valence electrons. The molecule has 2 aromatic carbocycles. The van der Waals surface area contributed by atoms with E-state index in [1.165, 1.54) is 35.1 Å². The van der Waals surface area contributed by atoms with Crippen molar-refractivity contribution in [2.75, 3.05) is 10.6 Å². The Morgan fingerprint density at radius 2 is 1.87 bits per heavy atom. The van der Waals surface area contributed by atoms with Crippen LogP contribution in [-0.4, -0.2) is 15.3 Å². The second kappa shape index (κ2) is 7.75. The first-order chi connectivity index (χ1) is 14.7. The lowest BCUT2D eigenvalue weighted by molar-refractivity contribution is -0.137. The van der Waals surface area contributed by atoms with Gasteiger partial charge in [0.15, 0.2) is 0 Å². The van der Waals surface area contributed by atoms with Gasteiger partial charge in [-0.1, -0.05) is 12.1 Å². The first-order valence-corrected chi connectivity index (χ1v) is 9.18. The Bertz CT molecular complexity index is 1280. The smallest absolute Gasteiger partial charge is 0.353 e. The van der Waals surface area contributed by atoms with Gasteiger partial charge in [-0.15, -0.1) is 0 Å². The highest BCUT2D eigenvalue weighted by molar-refractivity contribution is 6.05. The van der Waals surface area contributed by atoms with Crippen molar-refractivity contribution in [2.24, 2.45) is 0 Å². The fourth-order valence-corrected chi connectivity index (χ4v) is 3.12. The Hall–Kier alpha value is -3.88. The van der Waals surface area contributed by atoms with Gasteiger partial charge in [-0.2, -0.15) is 13.2 Å². The van der Waals surface area contributed by atoms with Gasteiger partial charge >= 0.3 is 6.18 Å². The number of amides is 1. The summed E-state index contributed by atoms with van der Waals surface area (Å²) >= 11 is 0. The second-order valence-corrected chi connectivity index (χ2v) is 6.95. The van der Waals surface area contributed by atoms with Crippen LogP contribution >= 0.6 is 0 Å². The molecule has 0 radical (unpaired) electrons. The molecule has 0 saturated heterocycles. The van der Waals surface area contributed by atoms with E-state index in [9.17, 15) is 22.4 Å². The summed E-state index contributed by atoms with van der Waals surface area (Å²) < 4.78 is 54.1. The Morgan fingerprint density at radius 3 is 2.65 bits per heavy atom. The molecule has 2 N–H and O–H groups in total. The van der Waals surface area contributed by atoms with Crippen molar-refractivity contribution in [3.63, 3.8) is 0 Å². The molecule has 2 heterocycles. The maximum absolute atomic E-state index is 13.9. The maximum atomic E-state index is 13.9. The van der Waals surface area contributed by atoms with Crippen LogP contribution in [0.2, 0.25) is 0 Å². The minimum Gasteiger partial charge on any atom is -0.353 e. The number of benzene rings is 2. The molecule has 0 unspecified atom stereocenters. The van der Waals surface area contributed by atoms with E-state index in [0.717, 1.165) is 17.7 Å². The number of nitrogens with one attached hydrogen (secondary N) is 2. The average Bonchev–Trinajstić information content (AvgIpc) is 3.17. The molecule has 4 rings (SSSR count). The monoisotopic (exact) mass is 428 g/mol. The number of carbonyl (C=O) groups excluding carboxylic acids is 1. The summed E-state index contributed by atoms with van der Waals surface area (Å²) in [6, 6.07) is 10.5. The Labute approximate surface area is 174 Å². The van der Waals surface area contributed by atoms with E-state index in [4.69, 9.17) is 0 Å². The van der Waals surface area contributed by atoms with Crippen molar-refractivity contribution in [2.45, 2.75) is 13.1 Å². The third-order valence-corrected chi connectivity index (χ3v) is 4.70. The lowest BCUT2D eigenvalue weighted by Gasteiger charge is -2.14. The van der Waals surface area contributed by atoms with Gasteiger partial charge in [-0.05, 0) is 42.8 Å². The van der Waals surface area contributed by atoms with Gasteiger partial charge < -0.3 is 15.0 Å². The Morgan fingerprint density at radius 1 is 1.06 bits per heavy atom. The fraction of sp³-hybridized carbons (Fsp3) is 0.0909. The summed E-state index contributed by atoms with van der Waals surface area (Å²) in [5.74, 6) is -1.04. The van der Waals surface area contributed by atoms with Gasteiger partial charge in [0, 0.05) is 29.2 Å². The topological polar surface area (TPSA) is 58.4 Å². The minimum atomic E-state index is -4.51. The number of nitrogens with zero attached hydrogens (tertiary/aromatic N) is 2. The zero-order chi connectivity index (χ0) is 22.2. The number of carbonyl (C=O) groups is 1. The molecule has 0 spiro atoms. The zero-order valence-corrected chi connectivity index (χ0v) is 16.2. The molecule has 0 aliphatic heterocycles. The van der Waals surface area contributed by atoms with Gasteiger partial charge in [-0.3, -0.25) is 4.79 Å². The van der Waals surface area contributed by atoms with Crippen LogP contribution in [0.4, 0.5) is 34.6 Å².